The number of hydrogen-bond acceptors (Lipinski definition) is 3. The molecule has 1 heterocycles. The number of carbonyl (C=O) groups is 1. The molecule has 1 saturated carbocycles. The van der Waals surface area contributed by atoms with Crippen LogP contribution >= 0.6 is 0 Å². The Morgan fingerprint density at radius 2 is 2.00 bits per heavy atom. The molecule has 1 N–H and O–H groups in total. The van der Waals surface area contributed by atoms with Crippen molar-refractivity contribution in [3.8, 4) is 0 Å². The Balaban J connectivity index is 1.87. The van der Waals surface area contributed by atoms with Crippen LogP contribution in [-0.2, 0) is 4.79 Å². The molecule has 0 radical (unpaired) electrons. The molecule has 98 valence electrons. The van der Waals surface area contributed by atoms with Crippen molar-refractivity contribution in [1.29, 1.82) is 0 Å². The van der Waals surface area contributed by atoms with E-state index in [9.17, 15) is 4.79 Å². The van der Waals surface area contributed by atoms with Gasteiger partial charge in [-0.3, -0.25) is 14.6 Å². The third-order valence-corrected chi connectivity index (χ3v) is 4.55. The van der Waals surface area contributed by atoms with Crippen molar-refractivity contribution in [3.05, 3.63) is 0 Å². The molecule has 0 spiro atoms. The van der Waals surface area contributed by atoms with Crippen LogP contribution in [0.4, 0.5) is 0 Å². The number of carboxylic acids is 1. The largest absolute Gasteiger partial charge is 0.481 e. The number of rotatable bonds is 5. The first kappa shape index (κ1) is 12.8. The third kappa shape index (κ3) is 2.47. The van der Waals surface area contributed by atoms with Gasteiger partial charge in [-0.2, -0.15) is 0 Å². The lowest BCUT2D eigenvalue weighted by atomic mass is 9.78. The molecule has 2 rings (SSSR count). The summed E-state index contributed by atoms with van der Waals surface area (Å²) < 4.78 is 0. The standard InChI is InChI=1S/C13H24N2O2/c1-3-14(4-2)10-7-8-15(9-10)12-6-5-11(12)13(16)17/h10-12H,3-9H2,1-2H3,(H,16,17). The highest BCUT2D eigenvalue weighted by Crippen LogP contribution is 2.34. The highest BCUT2D eigenvalue weighted by molar-refractivity contribution is 5.72. The summed E-state index contributed by atoms with van der Waals surface area (Å²) in [4.78, 5) is 15.9. The second-order valence-corrected chi connectivity index (χ2v) is 5.25. The molecule has 0 aromatic carbocycles. The molecule has 1 saturated heterocycles. The highest BCUT2D eigenvalue weighted by Gasteiger charge is 2.43. The van der Waals surface area contributed by atoms with Gasteiger partial charge in [0.2, 0.25) is 0 Å². The Bertz CT molecular complexity index is 279. The highest BCUT2D eigenvalue weighted by atomic mass is 16.4. The second-order valence-electron chi connectivity index (χ2n) is 5.25. The maximum atomic E-state index is 11.0. The summed E-state index contributed by atoms with van der Waals surface area (Å²) in [6.45, 7) is 8.75. The quantitative estimate of drug-likeness (QED) is 0.786. The molecular weight excluding hydrogens is 216 g/mol. The Morgan fingerprint density at radius 1 is 1.29 bits per heavy atom. The van der Waals surface area contributed by atoms with E-state index in [0.29, 0.717) is 12.1 Å². The van der Waals surface area contributed by atoms with Crippen LogP contribution in [0.25, 0.3) is 0 Å². The fourth-order valence-corrected chi connectivity index (χ4v) is 3.31. The van der Waals surface area contributed by atoms with E-state index >= 15 is 0 Å². The van der Waals surface area contributed by atoms with E-state index in [4.69, 9.17) is 5.11 Å². The van der Waals surface area contributed by atoms with Gasteiger partial charge in [-0.25, -0.2) is 0 Å². The Labute approximate surface area is 104 Å². The molecule has 2 fully saturated rings. The second kappa shape index (κ2) is 5.36. The first-order chi connectivity index (χ1) is 8.17. The first-order valence-electron chi connectivity index (χ1n) is 6.88. The predicted molar refractivity (Wildman–Crippen MR) is 67.0 cm³/mol. The molecule has 1 aliphatic carbocycles. The van der Waals surface area contributed by atoms with Gasteiger partial charge in [0.05, 0.1) is 5.92 Å². The average molecular weight is 240 g/mol. The summed E-state index contributed by atoms with van der Waals surface area (Å²) >= 11 is 0. The SMILES string of the molecule is CCN(CC)C1CCN(C2CCC2C(=O)O)C1. The smallest absolute Gasteiger partial charge is 0.308 e. The van der Waals surface area contributed by atoms with Crippen molar-refractivity contribution in [2.24, 2.45) is 5.92 Å². The molecule has 3 unspecified atom stereocenters. The van der Waals surface area contributed by atoms with Gasteiger partial charge in [-0.05, 0) is 32.4 Å². The van der Waals surface area contributed by atoms with Gasteiger partial charge in [0.25, 0.3) is 0 Å². The zero-order chi connectivity index (χ0) is 12.4. The van der Waals surface area contributed by atoms with Crippen molar-refractivity contribution >= 4 is 5.97 Å². The molecule has 0 aromatic heterocycles. The minimum absolute atomic E-state index is 0.106. The molecule has 3 atom stereocenters. The molecule has 1 aliphatic heterocycles. The van der Waals surface area contributed by atoms with Crippen LogP contribution in [0.1, 0.15) is 33.1 Å². The topological polar surface area (TPSA) is 43.8 Å². The molecule has 2 aliphatic rings. The number of hydrogen-bond donors (Lipinski definition) is 1. The summed E-state index contributed by atoms with van der Waals surface area (Å²) in [6, 6.07) is 0.952. The van der Waals surface area contributed by atoms with Gasteiger partial charge >= 0.3 is 5.97 Å². The lowest BCUT2D eigenvalue weighted by molar-refractivity contribution is -0.148. The lowest BCUT2D eigenvalue weighted by Crippen LogP contribution is -2.50. The monoisotopic (exact) mass is 240 g/mol. The number of nitrogens with zero attached hydrogens (tertiary/aromatic N) is 2. The van der Waals surface area contributed by atoms with E-state index in [1.165, 1.54) is 6.42 Å². The normalized spacial score (nSPS) is 33.9. The van der Waals surface area contributed by atoms with E-state index in [1.807, 2.05) is 0 Å². The summed E-state index contributed by atoms with van der Waals surface area (Å²) in [6.07, 6.45) is 3.14. The zero-order valence-electron chi connectivity index (χ0n) is 10.9. The molecule has 0 aromatic rings. The summed E-state index contributed by atoms with van der Waals surface area (Å²) in [5.41, 5.74) is 0. The van der Waals surface area contributed by atoms with Crippen LogP contribution in [-0.4, -0.2) is 59.1 Å². The van der Waals surface area contributed by atoms with E-state index in [-0.39, 0.29) is 5.92 Å². The van der Waals surface area contributed by atoms with Crippen molar-refractivity contribution in [2.75, 3.05) is 26.2 Å². The van der Waals surface area contributed by atoms with Crippen LogP contribution < -0.4 is 0 Å². The summed E-state index contributed by atoms with van der Waals surface area (Å²) in [5, 5.41) is 9.09. The first-order valence-corrected chi connectivity index (χ1v) is 6.88. The molecule has 4 heteroatoms. The fraction of sp³-hybridized carbons (Fsp3) is 0.923. The summed E-state index contributed by atoms with van der Waals surface area (Å²) in [5.74, 6) is -0.710. The van der Waals surface area contributed by atoms with E-state index in [0.717, 1.165) is 39.0 Å². The van der Waals surface area contributed by atoms with Gasteiger partial charge in [0, 0.05) is 25.2 Å². The van der Waals surface area contributed by atoms with E-state index in [2.05, 4.69) is 23.6 Å². The predicted octanol–water partition coefficient (Wildman–Crippen LogP) is 1.27. The van der Waals surface area contributed by atoms with Gasteiger partial charge < -0.3 is 5.11 Å². The van der Waals surface area contributed by atoms with Gasteiger partial charge in [-0.1, -0.05) is 13.8 Å². The molecule has 17 heavy (non-hydrogen) atoms. The van der Waals surface area contributed by atoms with E-state index in [1.54, 1.807) is 0 Å². The lowest BCUT2D eigenvalue weighted by Gasteiger charge is -2.40. The van der Waals surface area contributed by atoms with Crippen LogP contribution in [0.15, 0.2) is 0 Å². The minimum atomic E-state index is -0.604. The molecule has 4 nitrogen and oxygen atoms in total. The van der Waals surface area contributed by atoms with Crippen LogP contribution in [0.5, 0.6) is 0 Å². The molecule has 0 bridgehead atoms. The number of likely N-dealkylation sites (N-methyl/N-ethyl adjacent to an activating group) is 1. The number of likely N-dealkylation sites (tertiary alicyclic amines) is 1. The van der Waals surface area contributed by atoms with Crippen LogP contribution in [0.3, 0.4) is 0 Å². The molecule has 0 amide bonds. The van der Waals surface area contributed by atoms with Gasteiger partial charge in [0.1, 0.15) is 0 Å². The molecular formula is C13H24N2O2. The average Bonchev–Trinajstić information content (AvgIpc) is 2.66. The van der Waals surface area contributed by atoms with Gasteiger partial charge in [-0.15, -0.1) is 0 Å². The maximum absolute atomic E-state index is 11.0. The minimum Gasteiger partial charge on any atom is -0.481 e. The van der Waals surface area contributed by atoms with Crippen molar-refractivity contribution in [3.63, 3.8) is 0 Å². The summed E-state index contributed by atoms with van der Waals surface area (Å²) in [7, 11) is 0. The Hall–Kier alpha value is -0.610. The van der Waals surface area contributed by atoms with Crippen molar-refractivity contribution in [1.82, 2.24) is 9.80 Å². The number of aliphatic carboxylic acids is 1. The van der Waals surface area contributed by atoms with Crippen molar-refractivity contribution < 1.29 is 9.90 Å². The Morgan fingerprint density at radius 3 is 2.47 bits per heavy atom. The van der Waals surface area contributed by atoms with Crippen molar-refractivity contribution in [2.45, 2.75) is 45.2 Å². The van der Waals surface area contributed by atoms with Crippen LogP contribution in [0, 0.1) is 5.92 Å². The Kier molecular flexibility index (Phi) is 4.05. The number of carboxylic acid groups (broad SMARTS) is 1. The van der Waals surface area contributed by atoms with E-state index < -0.39 is 5.97 Å². The van der Waals surface area contributed by atoms with Gasteiger partial charge in [0.15, 0.2) is 0 Å². The maximum Gasteiger partial charge on any atom is 0.308 e. The van der Waals surface area contributed by atoms with Crippen LogP contribution in [0.2, 0.25) is 0 Å². The fourth-order valence-electron chi connectivity index (χ4n) is 3.31. The third-order valence-electron chi connectivity index (χ3n) is 4.55. The zero-order valence-corrected chi connectivity index (χ0v) is 10.9.